The van der Waals surface area contributed by atoms with E-state index in [-0.39, 0.29) is 6.03 Å². The van der Waals surface area contributed by atoms with Gasteiger partial charge in [0.1, 0.15) is 0 Å². The standard InChI is InChI=1S/C11H20N2O/c14-11(13-10-7-4-8-10)12-9-5-2-1-3-6-9/h9-10H,1-8H2,(H2,12,13,14). The zero-order chi connectivity index (χ0) is 9.80. The van der Waals surface area contributed by atoms with Gasteiger partial charge in [-0.2, -0.15) is 0 Å². The number of hydrogen-bond acceptors (Lipinski definition) is 1. The lowest BCUT2D eigenvalue weighted by Gasteiger charge is -2.29. The van der Waals surface area contributed by atoms with Gasteiger partial charge in [-0.05, 0) is 32.1 Å². The van der Waals surface area contributed by atoms with E-state index in [0.717, 1.165) is 25.7 Å². The van der Waals surface area contributed by atoms with Crippen LogP contribution in [0, 0.1) is 0 Å². The second-order valence-corrected chi connectivity index (χ2v) is 4.58. The van der Waals surface area contributed by atoms with E-state index in [1.165, 1.54) is 25.7 Å². The zero-order valence-corrected chi connectivity index (χ0v) is 8.72. The number of rotatable bonds is 2. The summed E-state index contributed by atoms with van der Waals surface area (Å²) in [4.78, 5) is 11.5. The van der Waals surface area contributed by atoms with Crippen LogP contribution in [-0.4, -0.2) is 18.1 Å². The summed E-state index contributed by atoms with van der Waals surface area (Å²) in [6.45, 7) is 0. The third-order valence-electron chi connectivity index (χ3n) is 3.38. The molecule has 0 heterocycles. The second kappa shape index (κ2) is 4.67. The molecule has 80 valence electrons. The normalized spacial score (nSPS) is 24.0. The fourth-order valence-electron chi connectivity index (χ4n) is 2.21. The van der Waals surface area contributed by atoms with Gasteiger partial charge in [0, 0.05) is 12.1 Å². The number of hydrogen-bond donors (Lipinski definition) is 2. The van der Waals surface area contributed by atoms with Crippen LogP contribution in [0.2, 0.25) is 0 Å². The van der Waals surface area contributed by atoms with Crippen LogP contribution >= 0.6 is 0 Å². The largest absolute Gasteiger partial charge is 0.335 e. The molecule has 0 spiro atoms. The van der Waals surface area contributed by atoms with Gasteiger partial charge < -0.3 is 10.6 Å². The van der Waals surface area contributed by atoms with Crippen LogP contribution in [0.5, 0.6) is 0 Å². The van der Waals surface area contributed by atoms with Crippen LogP contribution in [0.3, 0.4) is 0 Å². The van der Waals surface area contributed by atoms with Crippen molar-refractivity contribution in [1.82, 2.24) is 10.6 Å². The molecule has 0 aliphatic heterocycles. The zero-order valence-electron chi connectivity index (χ0n) is 8.72. The van der Waals surface area contributed by atoms with Crippen LogP contribution in [0.15, 0.2) is 0 Å². The molecule has 2 aliphatic carbocycles. The highest BCUT2D eigenvalue weighted by atomic mass is 16.2. The average Bonchev–Trinajstić information content (AvgIpc) is 2.13. The first kappa shape index (κ1) is 9.81. The third kappa shape index (κ3) is 2.63. The number of carbonyl (C=O) groups is 1. The van der Waals surface area contributed by atoms with Gasteiger partial charge in [0.25, 0.3) is 0 Å². The highest BCUT2D eigenvalue weighted by Gasteiger charge is 2.21. The molecule has 0 saturated heterocycles. The van der Waals surface area contributed by atoms with Crippen LogP contribution in [0.1, 0.15) is 51.4 Å². The molecule has 0 aromatic carbocycles. The van der Waals surface area contributed by atoms with Gasteiger partial charge in [0.2, 0.25) is 0 Å². The molecule has 0 aromatic heterocycles. The van der Waals surface area contributed by atoms with Crippen LogP contribution in [0.25, 0.3) is 0 Å². The Hall–Kier alpha value is -0.730. The van der Waals surface area contributed by atoms with Crippen molar-refractivity contribution < 1.29 is 4.79 Å². The molecule has 2 aliphatic rings. The maximum Gasteiger partial charge on any atom is 0.315 e. The summed E-state index contributed by atoms with van der Waals surface area (Å²) >= 11 is 0. The minimum atomic E-state index is 0.0570. The molecule has 2 saturated carbocycles. The molecule has 2 amide bonds. The Morgan fingerprint density at radius 2 is 1.29 bits per heavy atom. The number of amides is 2. The molecule has 3 nitrogen and oxygen atoms in total. The molecular formula is C11H20N2O. The number of carbonyl (C=O) groups excluding carboxylic acids is 1. The molecule has 0 radical (unpaired) electrons. The van der Waals surface area contributed by atoms with Crippen LogP contribution in [0.4, 0.5) is 4.79 Å². The SMILES string of the molecule is O=C(NC1CCCCC1)NC1CCC1. The summed E-state index contributed by atoms with van der Waals surface area (Å²) < 4.78 is 0. The fraction of sp³-hybridized carbons (Fsp3) is 0.909. The summed E-state index contributed by atoms with van der Waals surface area (Å²) in [6, 6.07) is 0.948. The smallest absolute Gasteiger partial charge is 0.315 e. The van der Waals surface area contributed by atoms with E-state index in [2.05, 4.69) is 10.6 Å². The first-order chi connectivity index (χ1) is 6.84. The second-order valence-electron chi connectivity index (χ2n) is 4.58. The van der Waals surface area contributed by atoms with Crippen molar-refractivity contribution in [3.05, 3.63) is 0 Å². The first-order valence-corrected chi connectivity index (χ1v) is 5.91. The summed E-state index contributed by atoms with van der Waals surface area (Å²) in [5.74, 6) is 0. The molecule has 2 fully saturated rings. The Labute approximate surface area is 85.6 Å². The maximum absolute atomic E-state index is 11.5. The van der Waals surface area contributed by atoms with Crippen LogP contribution < -0.4 is 10.6 Å². The maximum atomic E-state index is 11.5. The molecule has 2 N–H and O–H groups in total. The highest BCUT2D eigenvalue weighted by Crippen LogP contribution is 2.19. The minimum Gasteiger partial charge on any atom is -0.335 e. The topological polar surface area (TPSA) is 41.1 Å². The van der Waals surface area contributed by atoms with Gasteiger partial charge >= 0.3 is 6.03 Å². The van der Waals surface area contributed by atoms with Crippen LogP contribution in [-0.2, 0) is 0 Å². The van der Waals surface area contributed by atoms with Gasteiger partial charge in [-0.15, -0.1) is 0 Å². The molecule has 0 aromatic rings. The van der Waals surface area contributed by atoms with Crippen molar-refractivity contribution in [2.75, 3.05) is 0 Å². The Kier molecular flexibility index (Phi) is 3.27. The molecular weight excluding hydrogens is 176 g/mol. The average molecular weight is 196 g/mol. The van der Waals surface area contributed by atoms with E-state index in [0.29, 0.717) is 12.1 Å². The van der Waals surface area contributed by atoms with E-state index in [9.17, 15) is 4.79 Å². The van der Waals surface area contributed by atoms with E-state index in [4.69, 9.17) is 0 Å². The molecule has 2 rings (SSSR count). The van der Waals surface area contributed by atoms with E-state index in [1.807, 2.05) is 0 Å². The first-order valence-electron chi connectivity index (χ1n) is 5.91. The minimum absolute atomic E-state index is 0.0570. The summed E-state index contributed by atoms with van der Waals surface area (Å²) in [7, 11) is 0. The Bertz CT molecular complexity index is 195. The molecule has 0 atom stereocenters. The van der Waals surface area contributed by atoms with Crippen molar-refractivity contribution in [3.63, 3.8) is 0 Å². The fourth-order valence-corrected chi connectivity index (χ4v) is 2.21. The monoisotopic (exact) mass is 196 g/mol. The van der Waals surface area contributed by atoms with Gasteiger partial charge in [-0.3, -0.25) is 0 Å². The lowest BCUT2D eigenvalue weighted by Crippen LogP contribution is -2.48. The third-order valence-corrected chi connectivity index (χ3v) is 3.38. The van der Waals surface area contributed by atoms with Gasteiger partial charge in [-0.25, -0.2) is 4.79 Å². The summed E-state index contributed by atoms with van der Waals surface area (Å²) in [5.41, 5.74) is 0. The molecule has 0 bridgehead atoms. The number of urea groups is 1. The van der Waals surface area contributed by atoms with Gasteiger partial charge in [-0.1, -0.05) is 19.3 Å². The van der Waals surface area contributed by atoms with Crippen molar-refractivity contribution in [2.24, 2.45) is 0 Å². The lowest BCUT2D eigenvalue weighted by molar-refractivity contribution is 0.220. The number of nitrogens with one attached hydrogen (secondary N) is 2. The Morgan fingerprint density at radius 1 is 0.786 bits per heavy atom. The summed E-state index contributed by atoms with van der Waals surface area (Å²) in [6.07, 6.45) is 9.81. The molecule has 14 heavy (non-hydrogen) atoms. The van der Waals surface area contributed by atoms with Gasteiger partial charge in [0.05, 0.1) is 0 Å². The van der Waals surface area contributed by atoms with Gasteiger partial charge in [0.15, 0.2) is 0 Å². The predicted molar refractivity (Wildman–Crippen MR) is 56.2 cm³/mol. The summed E-state index contributed by atoms with van der Waals surface area (Å²) in [5, 5.41) is 6.08. The van der Waals surface area contributed by atoms with Crippen molar-refractivity contribution >= 4 is 6.03 Å². The lowest BCUT2D eigenvalue weighted by atomic mass is 9.93. The Morgan fingerprint density at radius 3 is 1.71 bits per heavy atom. The van der Waals surface area contributed by atoms with Crippen molar-refractivity contribution in [1.29, 1.82) is 0 Å². The van der Waals surface area contributed by atoms with E-state index in [1.54, 1.807) is 0 Å². The predicted octanol–water partition coefficient (Wildman–Crippen LogP) is 2.17. The van der Waals surface area contributed by atoms with Crippen molar-refractivity contribution in [3.8, 4) is 0 Å². The Balaban J connectivity index is 1.64. The quantitative estimate of drug-likeness (QED) is 0.698. The molecule has 0 unspecified atom stereocenters. The van der Waals surface area contributed by atoms with E-state index >= 15 is 0 Å². The van der Waals surface area contributed by atoms with Crippen molar-refractivity contribution in [2.45, 2.75) is 63.5 Å². The van der Waals surface area contributed by atoms with E-state index < -0.39 is 0 Å². The molecule has 3 heteroatoms. The highest BCUT2D eigenvalue weighted by molar-refractivity contribution is 5.74.